The molecule has 0 heterocycles. The number of nitrogens with one attached hydrogen (secondary N) is 1. The lowest BCUT2D eigenvalue weighted by molar-refractivity contribution is -0.124. The van der Waals surface area contributed by atoms with Crippen molar-refractivity contribution in [2.24, 2.45) is 0 Å². The Labute approximate surface area is 100 Å². The van der Waals surface area contributed by atoms with Crippen molar-refractivity contribution in [3.63, 3.8) is 0 Å². The highest BCUT2D eigenvalue weighted by molar-refractivity contribution is 5.22. The van der Waals surface area contributed by atoms with Crippen LogP contribution in [0.2, 0.25) is 0 Å². The molecule has 17 heavy (non-hydrogen) atoms. The van der Waals surface area contributed by atoms with Gasteiger partial charge in [0, 0.05) is 0 Å². The molecule has 1 aromatic rings. The summed E-state index contributed by atoms with van der Waals surface area (Å²) in [7, 11) is 0. The zero-order chi connectivity index (χ0) is 12.7. The van der Waals surface area contributed by atoms with Gasteiger partial charge in [-0.3, -0.25) is 0 Å². The van der Waals surface area contributed by atoms with Crippen LogP contribution in [0.4, 0.5) is 13.2 Å². The third kappa shape index (κ3) is 6.31. The Morgan fingerprint density at radius 2 is 1.53 bits per heavy atom. The molecule has 0 radical (unpaired) electrons. The maximum Gasteiger partial charge on any atom is 0.401 e. The third-order valence-electron chi connectivity index (χ3n) is 2.48. The summed E-state index contributed by atoms with van der Waals surface area (Å²) in [4.78, 5) is 0. The first-order valence-corrected chi connectivity index (χ1v) is 5.86. The summed E-state index contributed by atoms with van der Waals surface area (Å²) in [5.74, 6) is 0. The van der Waals surface area contributed by atoms with Gasteiger partial charge in [0.25, 0.3) is 0 Å². The Hall–Kier alpha value is -1.03. The van der Waals surface area contributed by atoms with Gasteiger partial charge >= 0.3 is 6.18 Å². The molecule has 0 saturated carbocycles. The highest BCUT2D eigenvalue weighted by Gasteiger charge is 2.25. The molecule has 96 valence electrons. The van der Waals surface area contributed by atoms with Gasteiger partial charge in [0.1, 0.15) is 0 Å². The molecule has 1 aromatic carbocycles. The van der Waals surface area contributed by atoms with Crippen molar-refractivity contribution >= 4 is 0 Å². The Bertz CT molecular complexity index is 316. The van der Waals surface area contributed by atoms with Crippen LogP contribution in [-0.2, 0) is 12.8 Å². The Kier molecular flexibility index (Phi) is 5.48. The summed E-state index contributed by atoms with van der Waals surface area (Å²) < 4.78 is 35.6. The molecular weight excluding hydrogens is 227 g/mol. The predicted octanol–water partition coefficient (Wildman–Crippen LogP) is 3.33. The quantitative estimate of drug-likeness (QED) is 0.758. The number of halogens is 3. The smallest absolute Gasteiger partial charge is 0.308 e. The van der Waals surface area contributed by atoms with Gasteiger partial charge in [0.05, 0.1) is 6.54 Å². The van der Waals surface area contributed by atoms with E-state index >= 15 is 0 Å². The van der Waals surface area contributed by atoms with Gasteiger partial charge in [0.2, 0.25) is 0 Å². The zero-order valence-corrected chi connectivity index (χ0v) is 9.98. The normalized spacial score (nSPS) is 11.8. The summed E-state index contributed by atoms with van der Waals surface area (Å²) in [5.41, 5.74) is 2.35. The molecule has 0 aliphatic carbocycles. The molecule has 0 spiro atoms. The summed E-state index contributed by atoms with van der Waals surface area (Å²) in [6.45, 7) is 1.56. The number of alkyl halides is 3. The van der Waals surface area contributed by atoms with Crippen LogP contribution in [-0.4, -0.2) is 19.3 Å². The minimum Gasteiger partial charge on any atom is -0.308 e. The first-order chi connectivity index (χ1) is 8.01. The summed E-state index contributed by atoms with van der Waals surface area (Å²) in [5, 5.41) is 2.39. The summed E-state index contributed by atoms with van der Waals surface area (Å²) in [6, 6.07) is 8.06. The van der Waals surface area contributed by atoms with Crippen LogP contribution in [0.3, 0.4) is 0 Å². The van der Waals surface area contributed by atoms with Crippen LogP contribution in [0.1, 0.15) is 24.5 Å². The van der Waals surface area contributed by atoms with Crippen LogP contribution in [0.15, 0.2) is 24.3 Å². The first-order valence-electron chi connectivity index (χ1n) is 5.86. The van der Waals surface area contributed by atoms with Crippen molar-refractivity contribution in [3.8, 4) is 0 Å². The minimum atomic E-state index is -4.12. The van der Waals surface area contributed by atoms with E-state index in [9.17, 15) is 13.2 Å². The molecule has 0 saturated heterocycles. The molecule has 0 fully saturated rings. The van der Waals surface area contributed by atoms with Crippen molar-refractivity contribution in [1.82, 2.24) is 5.32 Å². The van der Waals surface area contributed by atoms with E-state index in [0.29, 0.717) is 13.0 Å². The zero-order valence-electron chi connectivity index (χ0n) is 9.98. The highest BCUT2D eigenvalue weighted by Crippen LogP contribution is 2.12. The van der Waals surface area contributed by atoms with Crippen molar-refractivity contribution in [2.45, 2.75) is 32.4 Å². The molecule has 0 amide bonds. The third-order valence-corrected chi connectivity index (χ3v) is 2.48. The topological polar surface area (TPSA) is 12.0 Å². The second-order valence-corrected chi connectivity index (χ2v) is 4.11. The maximum absolute atomic E-state index is 11.9. The molecule has 0 atom stereocenters. The second kappa shape index (κ2) is 6.64. The van der Waals surface area contributed by atoms with Crippen LogP contribution in [0, 0.1) is 0 Å². The standard InChI is InChI=1S/C13H18F3N/c1-2-3-11-4-6-12(7-5-11)8-9-17-10-13(14,15)16/h4-7,17H,2-3,8-10H2,1H3. The van der Waals surface area contributed by atoms with Gasteiger partial charge in [-0.05, 0) is 30.5 Å². The van der Waals surface area contributed by atoms with Gasteiger partial charge < -0.3 is 5.32 Å². The molecule has 4 heteroatoms. The molecule has 1 nitrogen and oxygen atoms in total. The van der Waals surface area contributed by atoms with Gasteiger partial charge in [-0.2, -0.15) is 13.2 Å². The molecule has 0 aromatic heterocycles. The van der Waals surface area contributed by atoms with Crippen molar-refractivity contribution < 1.29 is 13.2 Å². The number of benzene rings is 1. The molecule has 0 aliphatic heterocycles. The van der Waals surface area contributed by atoms with Gasteiger partial charge in [0.15, 0.2) is 0 Å². The largest absolute Gasteiger partial charge is 0.401 e. The van der Waals surface area contributed by atoms with Crippen LogP contribution in [0.5, 0.6) is 0 Å². The first kappa shape index (κ1) is 14.0. The lowest BCUT2D eigenvalue weighted by Crippen LogP contribution is -2.30. The fraction of sp³-hybridized carbons (Fsp3) is 0.538. The van der Waals surface area contributed by atoms with E-state index in [4.69, 9.17) is 0 Å². The van der Waals surface area contributed by atoms with Crippen LogP contribution < -0.4 is 5.32 Å². The molecule has 1 N–H and O–H groups in total. The van der Waals surface area contributed by atoms with Crippen molar-refractivity contribution in [2.75, 3.05) is 13.1 Å². The fourth-order valence-corrected chi connectivity index (χ4v) is 1.62. The molecular formula is C13H18F3N. The van der Waals surface area contributed by atoms with Gasteiger partial charge in [-0.25, -0.2) is 0 Å². The average molecular weight is 245 g/mol. The van der Waals surface area contributed by atoms with Crippen LogP contribution in [0.25, 0.3) is 0 Å². The summed E-state index contributed by atoms with van der Waals surface area (Å²) in [6.07, 6.45) is -1.34. The Morgan fingerprint density at radius 3 is 2.00 bits per heavy atom. The van der Waals surface area contributed by atoms with E-state index in [1.54, 1.807) is 0 Å². The van der Waals surface area contributed by atoms with Gasteiger partial charge in [-0.15, -0.1) is 0 Å². The Morgan fingerprint density at radius 1 is 1.00 bits per heavy atom. The van der Waals surface area contributed by atoms with E-state index in [1.165, 1.54) is 5.56 Å². The van der Waals surface area contributed by atoms with E-state index in [0.717, 1.165) is 18.4 Å². The minimum absolute atomic E-state index is 0.354. The van der Waals surface area contributed by atoms with E-state index < -0.39 is 12.7 Å². The molecule has 0 bridgehead atoms. The maximum atomic E-state index is 11.9. The van der Waals surface area contributed by atoms with Gasteiger partial charge in [-0.1, -0.05) is 37.6 Å². The Balaban J connectivity index is 2.27. The van der Waals surface area contributed by atoms with E-state index in [1.807, 2.05) is 24.3 Å². The number of rotatable bonds is 6. The average Bonchev–Trinajstić information content (AvgIpc) is 2.26. The highest BCUT2D eigenvalue weighted by atomic mass is 19.4. The van der Waals surface area contributed by atoms with E-state index in [2.05, 4.69) is 12.2 Å². The lowest BCUT2D eigenvalue weighted by Gasteiger charge is -2.08. The monoisotopic (exact) mass is 245 g/mol. The fourth-order valence-electron chi connectivity index (χ4n) is 1.62. The summed E-state index contributed by atoms with van der Waals surface area (Å²) >= 11 is 0. The second-order valence-electron chi connectivity index (χ2n) is 4.11. The number of aryl methyl sites for hydroxylation is 1. The van der Waals surface area contributed by atoms with E-state index in [-0.39, 0.29) is 0 Å². The SMILES string of the molecule is CCCc1ccc(CCNCC(F)(F)F)cc1. The number of hydrogen-bond acceptors (Lipinski definition) is 1. The van der Waals surface area contributed by atoms with Crippen molar-refractivity contribution in [1.29, 1.82) is 0 Å². The molecule has 0 unspecified atom stereocenters. The van der Waals surface area contributed by atoms with Crippen molar-refractivity contribution in [3.05, 3.63) is 35.4 Å². The molecule has 0 aliphatic rings. The predicted molar refractivity (Wildman–Crippen MR) is 63.1 cm³/mol. The molecule has 1 rings (SSSR count). The van der Waals surface area contributed by atoms with Crippen LogP contribution >= 0.6 is 0 Å². The lowest BCUT2D eigenvalue weighted by atomic mass is 10.1. The number of hydrogen-bond donors (Lipinski definition) is 1.